The van der Waals surface area contributed by atoms with E-state index in [2.05, 4.69) is 10.00 Å². The molecule has 2 rings (SSSR count). The van der Waals surface area contributed by atoms with E-state index in [0.29, 0.717) is 11.1 Å². The van der Waals surface area contributed by atoms with Gasteiger partial charge in [0.05, 0.1) is 23.4 Å². The lowest BCUT2D eigenvalue weighted by molar-refractivity contribution is 0.0866. The van der Waals surface area contributed by atoms with Gasteiger partial charge in [0, 0.05) is 25.8 Å². The molecule has 1 fully saturated rings. The van der Waals surface area contributed by atoms with E-state index in [1.807, 2.05) is 17.8 Å². The summed E-state index contributed by atoms with van der Waals surface area (Å²) < 4.78 is 1.97. The molecule has 0 amide bonds. The first kappa shape index (κ1) is 12.9. The van der Waals surface area contributed by atoms with Crippen molar-refractivity contribution in [2.75, 3.05) is 19.6 Å². The van der Waals surface area contributed by atoms with Crippen LogP contribution in [0.1, 0.15) is 32.2 Å². The molecule has 0 bridgehead atoms. The number of likely N-dealkylation sites (tertiary alicyclic amines) is 1. The van der Waals surface area contributed by atoms with Crippen molar-refractivity contribution in [3.8, 4) is 0 Å². The van der Waals surface area contributed by atoms with Gasteiger partial charge in [-0.25, -0.2) is 0 Å². The van der Waals surface area contributed by atoms with Gasteiger partial charge in [-0.2, -0.15) is 5.10 Å². The van der Waals surface area contributed by atoms with E-state index in [-0.39, 0.29) is 6.10 Å². The van der Waals surface area contributed by atoms with E-state index in [4.69, 9.17) is 11.6 Å². The fraction of sp³-hybridized carbons (Fsp3) is 0.750. The van der Waals surface area contributed by atoms with Crippen LogP contribution in [0, 0.1) is 0 Å². The van der Waals surface area contributed by atoms with Gasteiger partial charge in [-0.05, 0) is 19.3 Å². The zero-order valence-corrected chi connectivity index (χ0v) is 11.0. The molecule has 96 valence electrons. The maximum atomic E-state index is 9.62. The first-order valence-corrected chi connectivity index (χ1v) is 6.67. The second kappa shape index (κ2) is 5.85. The van der Waals surface area contributed by atoms with Crippen LogP contribution < -0.4 is 0 Å². The maximum absolute atomic E-state index is 9.62. The van der Waals surface area contributed by atoms with E-state index in [0.717, 1.165) is 38.9 Å². The van der Waals surface area contributed by atoms with Gasteiger partial charge in [-0.15, -0.1) is 0 Å². The Morgan fingerprint density at radius 3 is 2.76 bits per heavy atom. The number of aliphatic hydroxyl groups excluding tert-OH is 1. The summed E-state index contributed by atoms with van der Waals surface area (Å²) in [6.45, 7) is 4.87. The Bertz CT molecular complexity index is 347. The van der Waals surface area contributed by atoms with Crippen LogP contribution in [0.25, 0.3) is 0 Å². The highest BCUT2D eigenvalue weighted by molar-refractivity contribution is 6.30. The average molecular weight is 258 g/mol. The van der Waals surface area contributed by atoms with Crippen LogP contribution in [0.3, 0.4) is 0 Å². The number of β-amino-alcohol motifs (C(OH)–C–C–N with tert-alkyl or cyclic N) is 1. The zero-order chi connectivity index (χ0) is 12.3. The van der Waals surface area contributed by atoms with Gasteiger partial charge < -0.3 is 10.0 Å². The molecule has 0 radical (unpaired) electrons. The van der Waals surface area contributed by atoms with Crippen molar-refractivity contribution >= 4 is 11.6 Å². The molecular weight excluding hydrogens is 238 g/mol. The third-order valence-corrected chi connectivity index (χ3v) is 3.64. The Labute approximate surface area is 107 Å². The predicted molar refractivity (Wildman–Crippen MR) is 68.2 cm³/mol. The number of halogens is 1. The topological polar surface area (TPSA) is 41.3 Å². The lowest BCUT2D eigenvalue weighted by Crippen LogP contribution is -2.39. The van der Waals surface area contributed by atoms with Crippen molar-refractivity contribution in [1.29, 1.82) is 0 Å². The summed E-state index contributed by atoms with van der Waals surface area (Å²) >= 11 is 5.87. The fourth-order valence-electron chi connectivity index (χ4n) is 2.31. The van der Waals surface area contributed by atoms with Crippen LogP contribution in [-0.2, 0) is 0 Å². The molecule has 1 aromatic heterocycles. The lowest BCUT2D eigenvalue weighted by Gasteiger charge is -2.33. The monoisotopic (exact) mass is 257 g/mol. The lowest BCUT2D eigenvalue weighted by atomic mass is 10.0. The van der Waals surface area contributed by atoms with Crippen LogP contribution in [0.2, 0.25) is 5.02 Å². The maximum Gasteiger partial charge on any atom is 0.0785 e. The van der Waals surface area contributed by atoms with E-state index in [1.54, 1.807) is 6.20 Å². The molecule has 0 saturated carbocycles. The summed E-state index contributed by atoms with van der Waals surface area (Å²) in [7, 11) is 0. The highest BCUT2D eigenvalue weighted by Crippen LogP contribution is 2.23. The van der Waals surface area contributed by atoms with Gasteiger partial charge in [0.2, 0.25) is 0 Å². The SMILES string of the molecule is CCC(O)CN1CCC(n2cc(Cl)cn2)CC1. The summed E-state index contributed by atoms with van der Waals surface area (Å²) in [4.78, 5) is 2.33. The van der Waals surface area contributed by atoms with Crippen molar-refractivity contribution in [3.05, 3.63) is 17.4 Å². The highest BCUT2D eigenvalue weighted by Gasteiger charge is 2.22. The molecule has 2 heterocycles. The third kappa shape index (κ3) is 3.44. The quantitative estimate of drug-likeness (QED) is 0.896. The standard InChI is InChI=1S/C12H20ClN3O/c1-2-12(17)9-15-5-3-11(4-6-15)16-8-10(13)7-14-16/h7-8,11-12,17H,2-6,9H2,1H3. The number of aromatic nitrogens is 2. The molecule has 1 aromatic rings. The second-order valence-corrected chi connectivity index (χ2v) is 5.17. The first-order valence-electron chi connectivity index (χ1n) is 6.29. The molecule has 0 aliphatic carbocycles. The molecule has 0 spiro atoms. The first-order chi connectivity index (χ1) is 8.19. The van der Waals surface area contributed by atoms with Crippen LogP contribution >= 0.6 is 11.6 Å². The van der Waals surface area contributed by atoms with Gasteiger partial charge >= 0.3 is 0 Å². The van der Waals surface area contributed by atoms with Crippen molar-refractivity contribution in [2.45, 2.75) is 38.3 Å². The molecule has 1 aliphatic rings. The molecule has 5 heteroatoms. The Hall–Kier alpha value is -0.580. The van der Waals surface area contributed by atoms with E-state index < -0.39 is 0 Å². The Balaban J connectivity index is 1.82. The highest BCUT2D eigenvalue weighted by atomic mass is 35.5. The van der Waals surface area contributed by atoms with Crippen molar-refractivity contribution in [3.63, 3.8) is 0 Å². The average Bonchev–Trinajstić information content (AvgIpc) is 2.77. The number of aliphatic hydroxyl groups is 1. The zero-order valence-electron chi connectivity index (χ0n) is 10.2. The Morgan fingerprint density at radius 2 is 2.24 bits per heavy atom. The van der Waals surface area contributed by atoms with Gasteiger partial charge in [0.25, 0.3) is 0 Å². The number of hydrogen-bond donors (Lipinski definition) is 1. The molecule has 1 atom stereocenters. The fourth-order valence-corrected chi connectivity index (χ4v) is 2.45. The molecule has 1 saturated heterocycles. The van der Waals surface area contributed by atoms with Crippen molar-refractivity contribution in [1.82, 2.24) is 14.7 Å². The van der Waals surface area contributed by atoms with E-state index in [9.17, 15) is 5.11 Å². The molecular formula is C12H20ClN3O. The van der Waals surface area contributed by atoms with Crippen LogP contribution in [0.15, 0.2) is 12.4 Å². The van der Waals surface area contributed by atoms with Crippen molar-refractivity contribution < 1.29 is 5.11 Å². The smallest absolute Gasteiger partial charge is 0.0785 e. The molecule has 0 aromatic carbocycles. The largest absolute Gasteiger partial charge is 0.392 e. The Kier molecular flexibility index (Phi) is 4.42. The number of hydrogen-bond acceptors (Lipinski definition) is 3. The summed E-state index contributed by atoms with van der Waals surface area (Å²) in [6.07, 6.45) is 6.38. The summed E-state index contributed by atoms with van der Waals surface area (Å²) in [5.41, 5.74) is 0. The number of piperidine rings is 1. The molecule has 17 heavy (non-hydrogen) atoms. The minimum Gasteiger partial charge on any atom is -0.392 e. The van der Waals surface area contributed by atoms with E-state index in [1.165, 1.54) is 0 Å². The van der Waals surface area contributed by atoms with Crippen LogP contribution in [0.5, 0.6) is 0 Å². The van der Waals surface area contributed by atoms with Crippen LogP contribution in [0.4, 0.5) is 0 Å². The van der Waals surface area contributed by atoms with Crippen molar-refractivity contribution in [2.24, 2.45) is 0 Å². The molecule has 1 N–H and O–H groups in total. The molecule has 1 aliphatic heterocycles. The Morgan fingerprint density at radius 1 is 1.53 bits per heavy atom. The van der Waals surface area contributed by atoms with Gasteiger partial charge in [-0.3, -0.25) is 4.68 Å². The van der Waals surface area contributed by atoms with Gasteiger partial charge in [0.15, 0.2) is 0 Å². The summed E-state index contributed by atoms with van der Waals surface area (Å²) in [5, 5.41) is 14.6. The van der Waals surface area contributed by atoms with Crippen LogP contribution in [-0.4, -0.2) is 45.5 Å². The number of nitrogens with zero attached hydrogens (tertiary/aromatic N) is 3. The normalized spacial score (nSPS) is 20.6. The number of rotatable bonds is 4. The van der Waals surface area contributed by atoms with Gasteiger partial charge in [0.1, 0.15) is 0 Å². The molecule has 4 nitrogen and oxygen atoms in total. The third-order valence-electron chi connectivity index (χ3n) is 3.44. The minimum atomic E-state index is -0.189. The second-order valence-electron chi connectivity index (χ2n) is 4.73. The summed E-state index contributed by atoms with van der Waals surface area (Å²) in [5.74, 6) is 0. The molecule has 1 unspecified atom stereocenters. The minimum absolute atomic E-state index is 0.189. The predicted octanol–water partition coefficient (Wildman–Crippen LogP) is 1.94. The summed E-state index contributed by atoms with van der Waals surface area (Å²) in [6, 6.07) is 0.456. The van der Waals surface area contributed by atoms with Gasteiger partial charge in [-0.1, -0.05) is 18.5 Å². The van der Waals surface area contributed by atoms with E-state index >= 15 is 0 Å².